The second-order valence-electron chi connectivity index (χ2n) is 4.42. The molecule has 1 N–H and O–H groups in total. The van der Waals surface area contributed by atoms with Gasteiger partial charge >= 0.3 is 0 Å². The van der Waals surface area contributed by atoms with E-state index < -0.39 is 0 Å². The Morgan fingerprint density at radius 1 is 1.28 bits per heavy atom. The smallest absolute Gasteiger partial charge is 0.222 e. The zero-order valence-electron chi connectivity index (χ0n) is 11.5. The molecule has 0 unspecified atom stereocenters. The lowest BCUT2D eigenvalue weighted by molar-refractivity contribution is 0.0305. The zero-order valence-corrected chi connectivity index (χ0v) is 11.5. The van der Waals surface area contributed by atoms with Crippen molar-refractivity contribution in [1.82, 2.24) is 9.97 Å². The van der Waals surface area contributed by atoms with Crippen LogP contribution in [0, 0.1) is 5.92 Å². The van der Waals surface area contributed by atoms with Crippen molar-refractivity contribution >= 4 is 5.95 Å². The third-order valence-corrected chi connectivity index (χ3v) is 2.12. The fourth-order valence-corrected chi connectivity index (χ4v) is 1.33. The van der Waals surface area contributed by atoms with Crippen molar-refractivity contribution < 1.29 is 9.47 Å². The van der Waals surface area contributed by atoms with E-state index >= 15 is 0 Å². The van der Waals surface area contributed by atoms with Crippen LogP contribution in [-0.4, -0.2) is 36.3 Å². The molecule has 0 aromatic carbocycles. The van der Waals surface area contributed by atoms with Crippen molar-refractivity contribution in [2.45, 2.75) is 27.4 Å². The van der Waals surface area contributed by atoms with Gasteiger partial charge in [-0.25, -0.2) is 9.97 Å². The van der Waals surface area contributed by atoms with Crippen molar-refractivity contribution in [2.75, 3.05) is 31.7 Å². The highest BCUT2D eigenvalue weighted by atomic mass is 16.5. The monoisotopic (exact) mass is 253 g/mol. The number of nitrogens with one attached hydrogen (secondary N) is 1. The summed E-state index contributed by atoms with van der Waals surface area (Å²) >= 11 is 0. The summed E-state index contributed by atoms with van der Waals surface area (Å²) in [5.74, 6) is 1.21. The largest absolute Gasteiger partial charge is 0.379 e. The van der Waals surface area contributed by atoms with E-state index in [4.69, 9.17) is 9.47 Å². The van der Waals surface area contributed by atoms with E-state index in [1.165, 1.54) is 0 Å². The number of nitrogens with zero attached hydrogens (tertiary/aromatic N) is 2. The van der Waals surface area contributed by atoms with Crippen LogP contribution in [0.5, 0.6) is 0 Å². The van der Waals surface area contributed by atoms with Crippen LogP contribution in [0.15, 0.2) is 12.3 Å². The number of hydrogen-bond acceptors (Lipinski definition) is 5. The van der Waals surface area contributed by atoms with Crippen LogP contribution >= 0.6 is 0 Å². The Bertz CT molecular complexity index is 332. The molecule has 5 nitrogen and oxygen atoms in total. The molecule has 18 heavy (non-hydrogen) atoms. The van der Waals surface area contributed by atoms with Crippen molar-refractivity contribution in [1.29, 1.82) is 0 Å². The summed E-state index contributed by atoms with van der Waals surface area (Å²) in [5, 5.41) is 3.07. The van der Waals surface area contributed by atoms with Gasteiger partial charge in [-0.1, -0.05) is 13.8 Å². The minimum atomic E-state index is 0.492. The second-order valence-corrected chi connectivity index (χ2v) is 4.42. The molecule has 0 radical (unpaired) electrons. The molecule has 1 aromatic rings. The van der Waals surface area contributed by atoms with Crippen molar-refractivity contribution in [3.63, 3.8) is 0 Å². The number of hydrogen-bond donors (Lipinski definition) is 1. The van der Waals surface area contributed by atoms with Crippen LogP contribution < -0.4 is 5.32 Å². The summed E-state index contributed by atoms with van der Waals surface area (Å²) in [5.41, 5.74) is 0.879. The van der Waals surface area contributed by atoms with Gasteiger partial charge < -0.3 is 14.8 Å². The van der Waals surface area contributed by atoms with Crippen LogP contribution in [0.2, 0.25) is 0 Å². The summed E-state index contributed by atoms with van der Waals surface area (Å²) in [4.78, 5) is 8.42. The summed E-state index contributed by atoms with van der Waals surface area (Å²) in [6.07, 6.45) is 1.74. The molecule has 0 spiro atoms. The molecule has 0 aliphatic heterocycles. The summed E-state index contributed by atoms with van der Waals surface area (Å²) < 4.78 is 10.9. The molecule has 0 aliphatic rings. The molecule has 0 fully saturated rings. The Balaban J connectivity index is 2.16. The maximum absolute atomic E-state index is 5.49. The Labute approximate surface area is 109 Å². The highest BCUT2D eigenvalue weighted by molar-refractivity contribution is 5.24. The average molecular weight is 253 g/mol. The molecule has 5 heteroatoms. The minimum Gasteiger partial charge on any atom is -0.379 e. The first-order valence-corrected chi connectivity index (χ1v) is 6.43. The van der Waals surface area contributed by atoms with Crippen LogP contribution in [0.4, 0.5) is 5.95 Å². The maximum Gasteiger partial charge on any atom is 0.222 e. The molecule has 102 valence electrons. The SMILES string of the molecule is CCNc1nccc(COCCOCC(C)C)n1. The van der Waals surface area contributed by atoms with E-state index in [1.54, 1.807) is 6.20 Å². The molecule has 1 aromatic heterocycles. The highest BCUT2D eigenvalue weighted by Crippen LogP contribution is 2.01. The molecule has 0 amide bonds. The molecule has 1 rings (SSSR count). The second kappa shape index (κ2) is 8.83. The number of aromatic nitrogens is 2. The fourth-order valence-electron chi connectivity index (χ4n) is 1.33. The standard InChI is InChI=1S/C13H23N3O2/c1-4-14-13-15-6-5-12(16-13)10-18-8-7-17-9-11(2)3/h5-6,11H,4,7-10H2,1-3H3,(H,14,15,16). The third-order valence-electron chi connectivity index (χ3n) is 2.12. The molecular formula is C13H23N3O2. The Kier molecular flexibility index (Phi) is 7.29. The zero-order chi connectivity index (χ0) is 13.2. The lowest BCUT2D eigenvalue weighted by Crippen LogP contribution is -2.09. The predicted molar refractivity (Wildman–Crippen MR) is 71.5 cm³/mol. The molecule has 0 atom stereocenters. The lowest BCUT2D eigenvalue weighted by Gasteiger charge is -2.08. The van der Waals surface area contributed by atoms with Gasteiger partial charge in [0.05, 0.1) is 25.5 Å². The number of ether oxygens (including phenoxy) is 2. The molecular weight excluding hydrogens is 230 g/mol. The highest BCUT2D eigenvalue weighted by Gasteiger charge is 1.99. The fraction of sp³-hybridized carbons (Fsp3) is 0.692. The molecule has 0 aliphatic carbocycles. The summed E-state index contributed by atoms with van der Waals surface area (Å²) in [6.45, 7) is 9.57. The van der Waals surface area contributed by atoms with Gasteiger partial charge in [0.2, 0.25) is 5.95 Å². The maximum atomic E-state index is 5.49. The van der Waals surface area contributed by atoms with Crippen molar-refractivity contribution in [3.05, 3.63) is 18.0 Å². The first-order valence-electron chi connectivity index (χ1n) is 6.43. The normalized spacial score (nSPS) is 10.9. The van der Waals surface area contributed by atoms with E-state index in [2.05, 4.69) is 29.1 Å². The lowest BCUT2D eigenvalue weighted by atomic mass is 10.2. The minimum absolute atomic E-state index is 0.492. The van der Waals surface area contributed by atoms with Gasteiger partial charge in [-0.05, 0) is 18.9 Å². The topological polar surface area (TPSA) is 56.3 Å². The van der Waals surface area contributed by atoms with E-state index in [0.29, 0.717) is 31.7 Å². The van der Waals surface area contributed by atoms with E-state index in [0.717, 1.165) is 18.8 Å². The van der Waals surface area contributed by atoms with Crippen LogP contribution in [0.3, 0.4) is 0 Å². The Morgan fingerprint density at radius 2 is 2.06 bits per heavy atom. The van der Waals surface area contributed by atoms with Gasteiger partial charge in [0.25, 0.3) is 0 Å². The van der Waals surface area contributed by atoms with Gasteiger partial charge in [0.1, 0.15) is 0 Å². The summed E-state index contributed by atoms with van der Waals surface area (Å²) in [6, 6.07) is 1.86. The van der Waals surface area contributed by atoms with Gasteiger partial charge in [-0.2, -0.15) is 0 Å². The van der Waals surface area contributed by atoms with E-state index in [9.17, 15) is 0 Å². The van der Waals surface area contributed by atoms with E-state index in [-0.39, 0.29) is 0 Å². The van der Waals surface area contributed by atoms with Gasteiger partial charge in [0.15, 0.2) is 0 Å². The first kappa shape index (κ1) is 14.9. The number of anilines is 1. The van der Waals surface area contributed by atoms with Gasteiger partial charge in [-0.15, -0.1) is 0 Å². The molecule has 0 saturated carbocycles. The van der Waals surface area contributed by atoms with Crippen molar-refractivity contribution in [2.24, 2.45) is 5.92 Å². The first-order chi connectivity index (χ1) is 8.72. The summed E-state index contributed by atoms with van der Waals surface area (Å²) in [7, 11) is 0. The Hall–Kier alpha value is -1.20. The predicted octanol–water partition coefficient (Wildman–Crippen LogP) is 2.10. The molecule has 0 bridgehead atoms. The van der Waals surface area contributed by atoms with E-state index in [1.807, 2.05) is 13.0 Å². The van der Waals surface area contributed by atoms with Gasteiger partial charge in [-0.3, -0.25) is 0 Å². The van der Waals surface area contributed by atoms with Crippen molar-refractivity contribution in [3.8, 4) is 0 Å². The Morgan fingerprint density at radius 3 is 2.78 bits per heavy atom. The quantitative estimate of drug-likeness (QED) is 0.683. The van der Waals surface area contributed by atoms with Crippen LogP contribution in [0.25, 0.3) is 0 Å². The van der Waals surface area contributed by atoms with Gasteiger partial charge in [0, 0.05) is 19.3 Å². The van der Waals surface area contributed by atoms with Crippen LogP contribution in [0.1, 0.15) is 26.5 Å². The average Bonchev–Trinajstić information content (AvgIpc) is 2.34. The molecule has 0 saturated heterocycles. The number of rotatable bonds is 9. The van der Waals surface area contributed by atoms with Crippen LogP contribution in [-0.2, 0) is 16.1 Å². The third kappa shape index (κ3) is 6.51. The molecule has 1 heterocycles.